The molecule has 2 aliphatic rings. The highest BCUT2D eigenvalue weighted by atomic mass is 16.5. The number of nitrogens with zero attached hydrogens (tertiary/aromatic N) is 1. The average molecular weight is 296 g/mol. The molecule has 1 N–H and O–H groups in total. The molecule has 2 fully saturated rings. The third-order valence-corrected chi connectivity index (χ3v) is 5.90. The van der Waals surface area contributed by atoms with E-state index in [9.17, 15) is 0 Å². The predicted molar refractivity (Wildman–Crippen MR) is 89.7 cm³/mol. The quantitative estimate of drug-likeness (QED) is 0.814. The van der Waals surface area contributed by atoms with Crippen LogP contribution < -0.4 is 5.32 Å². The van der Waals surface area contributed by atoms with E-state index in [4.69, 9.17) is 4.74 Å². The molecule has 0 amide bonds. The molecule has 1 heterocycles. The molecular formula is C18H36N2O. The van der Waals surface area contributed by atoms with E-state index >= 15 is 0 Å². The molecule has 1 aliphatic carbocycles. The third kappa shape index (κ3) is 5.22. The van der Waals surface area contributed by atoms with E-state index < -0.39 is 0 Å². The van der Waals surface area contributed by atoms with E-state index in [-0.39, 0.29) is 0 Å². The van der Waals surface area contributed by atoms with Crippen molar-refractivity contribution in [1.82, 2.24) is 10.2 Å². The molecule has 1 saturated carbocycles. The van der Waals surface area contributed by atoms with Crippen LogP contribution >= 0.6 is 0 Å². The van der Waals surface area contributed by atoms with Gasteiger partial charge in [-0.25, -0.2) is 0 Å². The second-order valence-corrected chi connectivity index (χ2v) is 7.87. The van der Waals surface area contributed by atoms with E-state index in [0.717, 1.165) is 38.3 Å². The summed E-state index contributed by atoms with van der Waals surface area (Å²) in [6.07, 6.45) is 6.85. The molecule has 1 atom stereocenters. The molecular weight excluding hydrogens is 260 g/mol. The Morgan fingerprint density at radius 1 is 1.14 bits per heavy atom. The smallest absolute Gasteiger partial charge is 0.0594 e. The first-order valence-corrected chi connectivity index (χ1v) is 9.07. The maximum absolute atomic E-state index is 5.42. The predicted octanol–water partition coefficient (Wildman–Crippen LogP) is 3.29. The SMILES string of the molecule is CCC(C)(C)C1CCC(NC(C)CN2CCOCC2)CC1. The number of ether oxygens (including phenoxy) is 1. The number of rotatable bonds is 6. The first-order valence-electron chi connectivity index (χ1n) is 9.07. The Balaban J connectivity index is 1.68. The molecule has 2 rings (SSSR count). The lowest BCUT2D eigenvalue weighted by molar-refractivity contribution is 0.0331. The van der Waals surface area contributed by atoms with Crippen LogP contribution in [0.25, 0.3) is 0 Å². The van der Waals surface area contributed by atoms with E-state index in [1.807, 2.05) is 0 Å². The molecule has 0 spiro atoms. The summed E-state index contributed by atoms with van der Waals surface area (Å²) in [5, 5.41) is 3.87. The number of hydrogen-bond donors (Lipinski definition) is 1. The van der Waals surface area contributed by atoms with Gasteiger partial charge in [0.25, 0.3) is 0 Å². The number of morpholine rings is 1. The summed E-state index contributed by atoms with van der Waals surface area (Å²) in [7, 11) is 0. The first-order chi connectivity index (χ1) is 10.0. The monoisotopic (exact) mass is 296 g/mol. The van der Waals surface area contributed by atoms with Gasteiger partial charge in [0.05, 0.1) is 13.2 Å². The summed E-state index contributed by atoms with van der Waals surface area (Å²) in [6, 6.07) is 1.34. The molecule has 0 aromatic heterocycles. The largest absolute Gasteiger partial charge is 0.379 e. The standard InChI is InChI=1S/C18H36N2O/c1-5-18(3,4)16-6-8-17(9-7-16)19-15(2)14-20-10-12-21-13-11-20/h15-17,19H,5-14H2,1-4H3. The summed E-state index contributed by atoms with van der Waals surface area (Å²) in [5.41, 5.74) is 0.532. The van der Waals surface area contributed by atoms with E-state index in [1.165, 1.54) is 38.6 Å². The molecule has 1 aliphatic heterocycles. The fraction of sp³-hybridized carbons (Fsp3) is 1.00. The molecule has 124 valence electrons. The highest BCUT2D eigenvalue weighted by Crippen LogP contribution is 2.40. The van der Waals surface area contributed by atoms with Crippen LogP contribution in [0.1, 0.15) is 59.8 Å². The van der Waals surface area contributed by atoms with Crippen LogP contribution in [0.4, 0.5) is 0 Å². The number of hydrogen-bond acceptors (Lipinski definition) is 3. The molecule has 0 bridgehead atoms. The zero-order valence-electron chi connectivity index (χ0n) is 14.7. The second kappa shape index (κ2) is 7.94. The Hall–Kier alpha value is -0.120. The third-order valence-electron chi connectivity index (χ3n) is 5.90. The zero-order chi connectivity index (χ0) is 15.3. The Morgan fingerprint density at radius 2 is 1.76 bits per heavy atom. The van der Waals surface area contributed by atoms with Crippen molar-refractivity contribution in [2.75, 3.05) is 32.8 Å². The van der Waals surface area contributed by atoms with Gasteiger partial charge in [0.2, 0.25) is 0 Å². The highest BCUT2D eigenvalue weighted by Gasteiger charge is 2.32. The van der Waals surface area contributed by atoms with Gasteiger partial charge >= 0.3 is 0 Å². The van der Waals surface area contributed by atoms with Gasteiger partial charge in [0, 0.05) is 31.7 Å². The number of nitrogens with one attached hydrogen (secondary N) is 1. The average Bonchev–Trinajstić information content (AvgIpc) is 2.48. The van der Waals surface area contributed by atoms with Crippen LogP contribution in [0.5, 0.6) is 0 Å². The maximum Gasteiger partial charge on any atom is 0.0594 e. The van der Waals surface area contributed by atoms with E-state index in [0.29, 0.717) is 11.5 Å². The Morgan fingerprint density at radius 3 is 2.33 bits per heavy atom. The summed E-state index contributed by atoms with van der Waals surface area (Å²) in [4.78, 5) is 2.53. The van der Waals surface area contributed by atoms with Gasteiger partial charge < -0.3 is 10.1 Å². The van der Waals surface area contributed by atoms with Gasteiger partial charge in [-0.05, 0) is 43.9 Å². The minimum atomic E-state index is 0.532. The fourth-order valence-corrected chi connectivity index (χ4v) is 3.96. The lowest BCUT2D eigenvalue weighted by Crippen LogP contribution is -2.48. The minimum Gasteiger partial charge on any atom is -0.379 e. The zero-order valence-corrected chi connectivity index (χ0v) is 14.7. The van der Waals surface area contributed by atoms with Crippen LogP contribution in [0.3, 0.4) is 0 Å². The Labute approximate surface area is 131 Å². The molecule has 3 nitrogen and oxygen atoms in total. The molecule has 1 saturated heterocycles. The van der Waals surface area contributed by atoms with Gasteiger partial charge in [-0.3, -0.25) is 4.90 Å². The van der Waals surface area contributed by atoms with Gasteiger partial charge in [0.15, 0.2) is 0 Å². The lowest BCUT2D eigenvalue weighted by Gasteiger charge is -2.40. The van der Waals surface area contributed by atoms with Crippen molar-refractivity contribution >= 4 is 0 Å². The van der Waals surface area contributed by atoms with Gasteiger partial charge in [0.1, 0.15) is 0 Å². The highest BCUT2D eigenvalue weighted by molar-refractivity contribution is 4.86. The van der Waals surface area contributed by atoms with Crippen molar-refractivity contribution in [2.45, 2.75) is 71.9 Å². The Kier molecular flexibility index (Phi) is 6.51. The van der Waals surface area contributed by atoms with E-state index in [1.54, 1.807) is 0 Å². The summed E-state index contributed by atoms with van der Waals surface area (Å²) in [6.45, 7) is 14.8. The van der Waals surface area contributed by atoms with Crippen LogP contribution in [0.2, 0.25) is 0 Å². The van der Waals surface area contributed by atoms with Crippen LogP contribution in [0.15, 0.2) is 0 Å². The van der Waals surface area contributed by atoms with Crippen molar-refractivity contribution in [2.24, 2.45) is 11.3 Å². The van der Waals surface area contributed by atoms with Crippen molar-refractivity contribution in [3.05, 3.63) is 0 Å². The van der Waals surface area contributed by atoms with Crippen molar-refractivity contribution < 1.29 is 4.74 Å². The summed E-state index contributed by atoms with van der Waals surface area (Å²) >= 11 is 0. The van der Waals surface area contributed by atoms with Gasteiger partial charge in [-0.1, -0.05) is 27.2 Å². The lowest BCUT2D eigenvalue weighted by atomic mass is 9.69. The fourth-order valence-electron chi connectivity index (χ4n) is 3.96. The van der Waals surface area contributed by atoms with Gasteiger partial charge in [-0.2, -0.15) is 0 Å². The summed E-state index contributed by atoms with van der Waals surface area (Å²) in [5.74, 6) is 0.926. The Bertz CT molecular complexity index is 292. The topological polar surface area (TPSA) is 24.5 Å². The van der Waals surface area contributed by atoms with Crippen molar-refractivity contribution in [3.8, 4) is 0 Å². The molecule has 1 unspecified atom stereocenters. The van der Waals surface area contributed by atoms with Crippen LogP contribution in [0, 0.1) is 11.3 Å². The first kappa shape index (κ1) is 17.2. The molecule has 3 heteroatoms. The second-order valence-electron chi connectivity index (χ2n) is 7.87. The minimum absolute atomic E-state index is 0.532. The molecule has 0 aromatic carbocycles. The molecule has 0 aromatic rings. The molecule has 0 radical (unpaired) electrons. The summed E-state index contributed by atoms with van der Waals surface area (Å²) < 4.78 is 5.42. The van der Waals surface area contributed by atoms with Gasteiger partial charge in [-0.15, -0.1) is 0 Å². The van der Waals surface area contributed by atoms with Crippen LogP contribution in [-0.2, 0) is 4.74 Å². The van der Waals surface area contributed by atoms with Crippen molar-refractivity contribution in [3.63, 3.8) is 0 Å². The van der Waals surface area contributed by atoms with E-state index in [2.05, 4.69) is 37.9 Å². The maximum atomic E-state index is 5.42. The van der Waals surface area contributed by atoms with Crippen LogP contribution in [-0.4, -0.2) is 49.8 Å². The molecule has 21 heavy (non-hydrogen) atoms. The van der Waals surface area contributed by atoms with Crippen molar-refractivity contribution in [1.29, 1.82) is 0 Å². The normalized spacial score (nSPS) is 30.3.